The standard InChI is InChI=1S/C22H25FN4O2S/c23-19-4-2-18(3-5-19)20(28)27-14-15-30-22(27)21(29)26-11-1-10-25(12-13-26)16-17-6-8-24-9-7-17/h2-9,22H,1,10-16H2. The molecule has 0 saturated carbocycles. The summed E-state index contributed by atoms with van der Waals surface area (Å²) in [5, 5.41) is -0.505. The van der Waals surface area contributed by atoms with Crippen LogP contribution in [0.3, 0.4) is 0 Å². The van der Waals surface area contributed by atoms with Crippen molar-refractivity contribution in [1.29, 1.82) is 0 Å². The van der Waals surface area contributed by atoms with E-state index in [1.165, 1.54) is 41.6 Å². The topological polar surface area (TPSA) is 56.8 Å². The van der Waals surface area contributed by atoms with Crippen LogP contribution in [-0.4, -0.2) is 75.3 Å². The van der Waals surface area contributed by atoms with Crippen LogP contribution in [0.1, 0.15) is 22.3 Å². The zero-order chi connectivity index (χ0) is 20.9. The molecule has 2 saturated heterocycles. The van der Waals surface area contributed by atoms with Crippen molar-refractivity contribution in [2.45, 2.75) is 18.3 Å². The summed E-state index contributed by atoms with van der Waals surface area (Å²) in [6, 6.07) is 9.54. The second-order valence-corrected chi connectivity index (χ2v) is 8.73. The third kappa shape index (κ3) is 4.82. The van der Waals surface area contributed by atoms with Crippen LogP contribution in [0.4, 0.5) is 4.39 Å². The molecule has 4 rings (SSSR count). The minimum atomic E-state index is -0.505. The Hall–Kier alpha value is -2.45. The van der Waals surface area contributed by atoms with E-state index >= 15 is 0 Å². The molecule has 1 unspecified atom stereocenters. The first-order valence-corrected chi connectivity index (χ1v) is 11.2. The molecule has 2 aromatic rings. The van der Waals surface area contributed by atoms with Gasteiger partial charge in [-0.05, 0) is 48.4 Å². The van der Waals surface area contributed by atoms with Crippen molar-refractivity contribution in [3.05, 3.63) is 65.7 Å². The van der Waals surface area contributed by atoms with Crippen LogP contribution >= 0.6 is 11.8 Å². The van der Waals surface area contributed by atoms with Crippen molar-refractivity contribution < 1.29 is 14.0 Å². The quantitative estimate of drug-likeness (QED) is 0.749. The third-order valence-electron chi connectivity index (χ3n) is 5.51. The van der Waals surface area contributed by atoms with Gasteiger partial charge in [0.25, 0.3) is 11.8 Å². The highest BCUT2D eigenvalue weighted by atomic mass is 32.2. The lowest BCUT2D eigenvalue weighted by atomic mass is 10.2. The van der Waals surface area contributed by atoms with E-state index in [2.05, 4.69) is 9.88 Å². The Morgan fingerprint density at radius 2 is 1.77 bits per heavy atom. The van der Waals surface area contributed by atoms with Gasteiger partial charge in [-0.25, -0.2) is 4.39 Å². The molecule has 0 radical (unpaired) electrons. The van der Waals surface area contributed by atoms with Crippen LogP contribution in [-0.2, 0) is 11.3 Å². The maximum Gasteiger partial charge on any atom is 0.255 e. The number of amides is 2. The number of hydrogen-bond acceptors (Lipinski definition) is 5. The van der Waals surface area contributed by atoms with E-state index in [4.69, 9.17) is 0 Å². The van der Waals surface area contributed by atoms with E-state index in [0.29, 0.717) is 25.2 Å². The van der Waals surface area contributed by atoms with Gasteiger partial charge in [-0.1, -0.05) is 0 Å². The van der Waals surface area contributed by atoms with Crippen molar-refractivity contribution in [1.82, 2.24) is 19.7 Å². The normalized spacial score (nSPS) is 20.2. The minimum Gasteiger partial charge on any atom is -0.339 e. The number of pyridine rings is 1. The summed E-state index contributed by atoms with van der Waals surface area (Å²) >= 11 is 1.51. The molecule has 0 N–H and O–H groups in total. The number of halogens is 1. The number of aromatic nitrogens is 1. The number of carbonyl (C=O) groups excluding carboxylic acids is 2. The lowest BCUT2D eigenvalue weighted by Crippen LogP contribution is -2.47. The van der Waals surface area contributed by atoms with Gasteiger partial charge in [0.05, 0.1) is 0 Å². The number of thioether (sulfide) groups is 1. The van der Waals surface area contributed by atoms with Crippen molar-refractivity contribution >= 4 is 23.6 Å². The first kappa shape index (κ1) is 20.8. The molecule has 1 aromatic heterocycles. The first-order chi connectivity index (χ1) is 14.6. The van der Waals surface area contributed by atoms with Crippen molar-refractivity contribution in [2.75, 3.05) is 38.5 Å². The van der Waals surface area contributed by atoms with Crippen molar-refractivity contribution in [3.8, 4) is 0 Å². The SMILES string of the molecule is O=C(C1SCCN1C(=O)c1ccc(F)cc1)N1CCCN(Cc2ccncc2)CC1. The Balaban J connectivity index is 1.38. The number of rotatable bonds is 4. The summed E-state index contributed by atoms with van der Waals surface area (Å²) in [6.45, 7) is 4.46. The molecule has 0 aliphatic carbocycles. The van der Waals surface area contributed by atoms with Crippen LogP contribution in [0.25, 0.3) is 0 Å². The Bertz CT molecular complexity index is 880. The van der Waals surface area contributed by atoms with Crippen LogP contribution in [0, 0.1) is 5.82 Å². The second-order valence-electron chi connectivity index (χ2n) is 7.54. The van der Waals surface area contributed by atoms with Crippen LogP contribution in [0.5, 0.6) is 0 Å². The summed E-state index contributed by atoms with van der Waals surface area (Å²) in [5.41, 5.74) is 1.63. The van der Waals surface area contributed by atoms with Gasteiger partial charge in [0.1, 0.15) is 5.82 Å². The molecule has 2 fully saturated rings. The molecule has 2 aliphatic rings. The van der Waals surface area contributed by atoms with Gasteiger partial charge in [0.15, 0.2) is 5.37 Å². The molecule has 1 atom stereocenters. The van der Waals surface area contributed by atoms with E-state index in [-0.39, 0.29) is 17.6 Å². The number of hydrogen-bond donors (Lipinski definition) is 0. The lowest BCUT2D eigenvalue weighted by Gasteiger charge is -2.29. The Morgan fingerprint density at radius 3 is 2.53 bits per heavy atom. The van der Waals surface area contributed by atoms with Crippen molar-refractivity contribution in [3.63, 3.8) is 0 Å². The van der Waals surface area contributed by atoms with Crippen LogP contribution < -0.4 is 0 Å². The fourth-order valence-electron chi connectivity index (χ4n) is 3.89. The van der Waals surface area contributed by atoms with Gasteiger partial charge in [0, 0.05) is 63.0 Å². The van der Waals surface area contributed by atoms with Crippen LogP contribution in [0.15, 0.2) is 48.8 Å². The van der Waals surface area contributed by atoms with Gasteiger partial charge >= 0.3 is 0 Å². The summed E-state index contributed by atoms with van der Waals surface area (Å²) in [5.74, 6) is 0.132. The smallest absolute Gasteiger partial charge is 0.255 e. The second kappa shape index (κ2) is 9.57. The van der Waals surface area contributed by atoms with E-state index in [9.17, 15) is 14.0 Å². The van der Waals surface area contributed by atoms with E-state index in [1.54, 1.807) is 17.3 Å². The fraction of sp³-hybridized carbons (Fsp3) is 0.409. The molecule has 2 amide bonds. The molecule has 6 nitrogen and oxygen atoms in total. The molecule has 0 bridgehead atoms. The van der Waals surface area contributed by atoms with Crippen LogP contribution in [0.2, 0.25) is 0 Å². The summed E-state index contributed by atoms with van der Waals surface area (Å²) < 4.78 is 13.2. The Morgan fingerprint density at radius 1 is 1.00 bits per heavy atom. The highest BCUT2D eigenvalue weighted by molar-refractivity contribution is 8.00. The average Bonchev–Trinajstić information content (AvgIpc) is 3.14. The fourth-order valence-corrected chi connectivity index (χ4v) is 5.09. The molecule has 30 heavy (non-hydrogen) atoms. The molecule has 3 heterocycles. The predicted octanol–water partition coefficient (Wildman–Crippen LogP) is 2.47. The molecular formula is C22H25FN4O2S. The highest BCUT2D eigenvalue weighted by Gasteiger charge is 2.38. The largest absolute Gasteiger partial charge is 0.339 e. The van der Waals surface area contributed by atoms with Gasteiger partial charge in [-0.3, -0.25) is 19.5 Å². The van der Waals surface area contributed by atoms with Gasteiger partial charge in [-0.15, -0.1) is 11.8 Å². The zero-order valence-corrected chi connectivity index (χ0v) is 17.6. The minimum absolute atomic E-state index is 0.00118. The Labute approximate surface area is 180 Å². The zero-order valence-electron chi connectivity index (χ0n) is 16.7. The Kier molecular flexibility index (Phi) is 6.64. The summed E-state index contributed by atoms with van der Waals surface area (Å²) in [7, 11) is 0. The maximum absolute atomic E-state index is 13.2. The first-order valence-electron chi connectivity index (χ1n) is 10.2. The number of benzene rings is 1. The molecule has 0 spiro atoms. The van der Waals surface area contributed by atoms with Gasteiger partial charge in [0.2, 0.25) is 0 Å². The highest BCUT2D eigenvalue weighted by Crippen LogP contribution is 2.28. The lowest BCUT2D eigenvalue weighted by molar-refractivity contribution is -0.132. The molecule has 1 aromatic carbocycles. The number of carbonyl (C=O) groups is 2. The van der Waals surface area contributed by atoms with E-state index < -0.39 is 5.37 Å². The maximum atomic E-state index is 13.2. The monoisotopic (exact) mass is 428 g/mol. The van der Waals surface area contributed by atoms with E-state index in [0.717, 1.165) is 31.8 Å². The summed E-state index contributed by atoms with van der Waals surface area (Å²) in [4.78, 5) is 36.1. The third-order valence-corrected chi connectivity index (χ3v) is 6.70. The average molecular weight is 429 g/mol. The van der Waals surface area contributed by atoms with Crippen molar-refractivity contribution in [2.24, 2.45) is 0 Å². The number of nitrogens with zero attached hydrogens (tertiary/aromatic N) is 4. The molecule has 158 valence electrons. The summed E-state index contributed by atoms with van der Waals surface area (Å²) in [6.07, 6.45) is 4.50. The molecule has 2 aliphatic heterocycles. The van der Waals surface area contributed by atoms with E-state index in [1.807, 2.05) is 17.0 Å². The predicted molar refractivity (Wildman–Crippen MR) is 114 cm³/mol. The van der Waals surface area contributed by atoms with Gasteiger partial charge < -0.3 is 9.80 Å². The molecular weight excluding hydrogens is 403 g/mol. The molecule has 8 heteroatoms. The van der Waals surface area contributed by atoms with Gasteiger partial charge in [-0.2, -0.15) is 0 Å².